The van der Waals surface area contributed by atoms with Crippen molar-refractivity contribution in [2.24, 2.45) is 0 Å². The summed E-state index contributed by atoms with van der Waals surface area (Å²) in [6.45, 7) is -0.479. The Hall–Kier alpha value is -2.42. The van der Waals surface area contributed by atoms with Gasteiger partial charge in [0.25, 0.3) is 0 Å². The molecule has 1 aromatic heterocycles. The highest BCUT2D eigenvalue weighted by Gasteiger charge is 2.34. The van der Waals surface area contributed by atoms with Gasteiger partial charge in [0.15, 0.2) is 9.84 Å². The number of aliphatic carboxylic acids is 1. The van der Waals surface area contributed by atoms with Gasteiger partial charge in [-0.2, -0.15) is 0 Å². The number of para-hydroxylation sites is 2. The monoisotopic (exact) mass is 365 g/mol. The largest absolute Gasteiger partial charge is 0.480 e. The molecule has 0 saturated heterocycles. The van der Waals surface area contributed by atoms with Crippen molar-refractivity contribution < 1.29 is 23.1 Å². The molecule has 1 fully saturated rings. The number of imidazole rings is 1. The SMILES string of the molecule is CS(=O)(=O)Cc1nc2ccccc2n1CC(=O)N(CC(=O)O)C1CC1. The summed E-state index contributed by atoms with van der Waals surface area (Å²) >= 11 is 0. The second kappa shape index (κ2) is 6.47. The zero-order valence-electron chi connectivity index (χ0n) is 13.8. The number of nitrogens with zero attached hydrogens (tertiary/aromatic N) is 3. The fourth-order valence-corrected chi connectivity index (χ4v) is 3.51. The Morgan fingerprint density at radius 3 is 2.60 bits per heavy atom. The molecule has 0 bridgehead atoms. The summed E-state index contributed by atoms with van der Waals surface area (Å²) in [4.78, 5) is 29.4. The standard InChI is InChI=1S/C16H19N3O5S/c1-25(23,24)10-14-17-12-4-2-3-5-13(12)19(14)8-15(20)18(9-16(21)22)11-6-7-11/h2-5,11H,6-10H2,1H3,(H,21,22). The van der Waals surface area contributed by atoms with Gasteiger partial charge < -0.3 is 14.6 Å². The Balaban J connectivity index is 1.94. The van der Waals surface area contributed by atoms with Crippen molar-refractivity contribution in [3.63, 3.8) is 0 Å². The number of benzene rings is 1. The Kier molecular flexibility index (Phi) is 4.51. The predicted octanol–water partition coefficient (Wildman–Crippen LogP) is 0.656. The Morgan fingerprint density at radius 2 is 2.00 bits per heavy atom. The van der Waals surface area contributed by atoms with E-state index in [0.29, 0.717) is 11.0 Å². The highest BCUT2D eigenvalue weighted by atomic mass is 32.2. The first-order valence-corrected chi connectivity index (χ1v) is 9.94. The molecule has 0 unspecified atom stereocenters. The van der Waals surface area contributed by atoms with Crippen LogP contribution in [0, 0.1) is 0 Å². The quantitative estimate of drug-likeness (QED) is 0.772. The minimum absolute atomic E-state index is 0.0447. The zero-order valence-corrected chi connectivity index (χ0v) is 14.6. The van der Waals surface area contributed by atoms with Gasteiger partial charge in [-0.15, -0.1) is 0 Å². The first-order valence-electron chi connectivity index (χ1n) is 7.88. The van der Waals surface area contributed by atoms with Crippen molar-refractivity contribution >= 4 is 32.7 Å². The first kappa shape index (κ1) is 17.4. The Labute approximate surface area is 145 Å². The van der Waals surface area contributed by atoms with Crippen LogP contribution in [0.2, 0.25) is 0 Å². The number of carbonyl (C=O) groups is 2. The number of amides is 1. The maximum absolute atomic E-state index is 12.7. The number of hydrogen-bond acceptors (Lipinski definition) is 5. The second-order valence-corrected chi connectivity index (χ2v) is 8.46. The van der Waals surface area contributed by atoms with E-state index in [1.165, 1.54) is 4.90 Å². The van der Waals surface area contributed by atoms with Crippen molar-refractivity contribution in [3.05, 3.63) is 30.1 Å². The highest BCUT2D eigenvalue weighted by Crippen LogP contribution is 2.27. The van der Waals surface area contributed by atoms with Crippen LogP contribution in [0.15, 0.2) is 24.3 Å². The molecule has 1 heterocycles. The van der Waals surface area contributed by atoms with Crippen LogP contribution in [0.1, 0.15) is 18.7 Å². The minimum Gasteiger partial charge on any atom is -0.480 e. The first-order chi connectivity index (χ1) is 11.7. The van der Waals surface area contributed by atoms with Gasteiger partial charge in [0.05, 0.1) is 11.0 Å². The third-order valence-electron chi connectivity index (χ3n) is 4.03. The average molecular weight is 365 g/mol. The second-order valence-electron chi connectivity index (χ2n) is 6.32. The van der Waals surface area contributed by atoms with Crippen LogP contribution in [0.3, 0.4) is 0 Å². The summed E-state index contributed by atoms with van der Waals surface area (Å²) in [5.74, 6) is -1.41. The Morgan fingerprint density at radius 1 is 1.32 bits per heavy atom. The summed E-state index contributed by atoms with van der Waals surface area (Å²) in [5, 5.41) is 9.02. The lowest BCUT2D eigenvalue weighted by Gasteiger charge is -2.21. The summed E-state index contributed by atoms with van der Waals surface area (Å²) in [7, 11) is -3.33. The number of carboxylic acids is 1. The van der Waals surface area contributed by atoms with E-state index in [2.05, 4.69) is 4.98 Å². The molecule has 3 rings (SSSR count). The molecule has 0 radical (unpaired) electrons. The molecule has 1 aliphatic carbocycles. The molecule has 0 aliphatic heterocycles. The van der Waals surface area contributed by atoms with Crippen molar-refractivity contribution in [3.8, 4) is 0 Å². The third kappa shape index (κ3) is 4.16. The maximum atomic E-state index is 12.7. The third-order valence-corrected chi connectivity index (χ3v) is 4.81. The molecule has 25 heavy (non-hydrogen) atoms. The lowest BCUT2D eigenvalue weighted by atomic mass is 10.3. The van der Waals surface area contributed by atoms with E-state index < -0.39 is 15.8 Å². The number of rotatable bonds is 7. The van der Waals surface area contributed by atoms with Gasteiger partial charge in [-0.1, -0.05) is 12.1 Å². The fourth-order valence-electron chi connectivity index (χ4n) is 2.83. The van der Waals surface area contributed by atoms with Crippen LogP contribution in [0.4, 0.5) is 0 Å². The lowest BCUT2D eigenvalue weighted by molar-refractivity contribution is -0.145. The molecule has 1 aromatic carbocycles. The molecule has 2 aromatic rings. The molecular weight excluding hydrogens is 346 g/mol. The summed E-state index contributed by atoms with van der Waals surface area (Å²) in [5.41, 5.74) is 1.26. The van der Waals surface area contributed by atoms with E-state index in [4.69, 9.17) is 5.11 Å². The number of sulfone groups is 1. The Bertz CT molecular complexity index is 930. The van der Waals surface area contributed by atoms with Crippen LogP contribution >= 0.6 is 0 Å². The van der Waals surface area contributed by atoms with E-state index in [-0.39, 0.29) is 36.6 Å². The lowest BCUT2D eigenvalue weighted by Crippen LogP contribution is -2.39. The van der Waals surface area contributed by atoms with Gasteiger partial charge in [-0.25, -0.2) is 13.4 Å². The van der Waals surface area contributed by atoms with Crippen LogP contribution in [-0.4, -0.2) is 58.7 Å². The predicted molar refractivity (Wildman–Crippen MR) is 90.7 cm³/mol. The van der Waals surface area contributed by atoms with E-state index >= 15 is 0 Å². The topological polar surface area (TPSA) is 110 Å². The van der Waals surface area contributed by atoms with Gasteiger partial charge in [-0.05, 0) is 25.0 Å². The normalized spacial score (nSPS) is 14.6. The molecule has 134 valence electrons. The molecule has 1 saturated carbocycles. The van der Waals surface area contributed by atoms with E-state index in [9.17, 15) is 18.0 Å². The number of aromatic nitrogens is 2. The number of hydrogen-bond donors (Lipinski definition) is 1. The molecule has 0 spiro atoms. The zero-order chi connectivity index (χ0) is 18.2. The van der Waals surface area contributed by atoms with Crippen molar-refractivity contribution in [1.82, 2.24) is 14.5 Å². The van der Waals surface area contributed by atoms with Crippen molar-refractivity contribution in [2.75, 3.05) is 12.8 Å². The maximum Gasteiger partial charge on any atom is 0.323 e. The molecule has 8 nitrogen and oxygen atoms in total. The summed E-state index contributed by atoms with van der Waals surface area (Å²) in [6.07, 6.45) is 2.69. The average Bonchev–Trinajstić information content (AvgIpc) is 3.28. The number of carbonyl (C=O) groups excluding carboxylic acids is 1. The molecule has 0 atom stereocenters. The highest BCUT2D eigenvalue weighted by molar-refractivity contribution is 7.89. The molecule has 1 N–H and O–H groups in total. The molecule has 1 aliphatic rings. The van der Waals surface area contributed by atoms with Gasteiger partial charge in [0.2, 0.25) is 5.91 Å². The van der Waals surface area contributed by atoms with Gasteiger partial charge in [0, 0.05) is 12.3 Å². The van der Waals surface area contributed by atoms with Gasteiger partial charge in [-0.3, -0.25) is 9.59 Å². The van der Waals surface area contributed by atoms with E-state index in [1.807, 2.05) is 0 Å². The van der Waals surface area contributed by atoms with Crippen LogP contribution in [0.5, 0.6) is 0 Å². The van der Waals surface area contributed by atoms with Crippen LogP contribution in [-0.2, 0) is 31.7 Å². The molecule has 9 heteroatoms. The summed E-state index contributed by atoms with van der Waals surface area (Å²) in [6, 6.07) is 7.03. The smallest absolute Gasteiger partial charge is 0.323 e. The fraction of sp³-hybridized carbons (Fsp3) is 0.438. The van der Waals surface area contributed by atoms with E-state index in [1.54, 1.807) is 28.8 Å². The van der Waals surface area contributed by atoms with Crippen LogP contribution < -0.4 is 0 Å². The van der Waals surface area contributed by atoms with Gasteiger partial charge in [0.1, 0.15) is 24.7 Å². The van der Waals surface area contributed by atoms with Gasteiger partial charge >= 0.3 is 5.97 Å². The number of carboxylic acid groups (broad SMARTS) is 1. The van der Waals surface area contributed by atoms with Crippen molar-refractivity contribution in [1.29, 1.82) is 0 Å². The molecular formula is C16H19N3O5S. The molecule has 1 amide bonds. The van der Waals surface area contributed by atoms with E-state index in [0.717, 1.165) is 19.1 Å². The minimum atomic E-state index is -3.33. The van der Waals surface area contributed by atoms with Crippen LogP contribution in [0.25, 0.3) is 11.0 Å². The van der Waals surface area contributed by atoms with Crippen molar-refractivity contribution in [2.45, 2.75) is 31.2 Å². The number of fused-ring (bicyclic) bond motifs is 1. The summed E-state index contributed by atoms with van der Waals surface area (Å²) < 4.78 is 24.9.